The van der Waals surface area contributed by atoms with E-state index in [1.807, 2.05) is 0 Å². The second-order valence-corrected chi connectivity index (χ2v) is 8.89. The minimum atomic E-state index is -1.17. The highest BCUT2D eigenvalue weighted by atomic mass is 35.5. The molecule has 0 radical (unpaired) electrons. The molecule has 2 aromatic carbocycles. The maximum absolute atomic E-state index is 12.9. The van der Waals surface area contributed by atoms with Crippen LogP contribution in [0.3, 0.4) is 0 Å². The van der Waals surface area contributed by atoms with Gasteiger partial charge in [-0.2, -0.15) is 0 Å². The summed E-state index contributed by atoms with van der Waals surface area (Å²) in [5, 5.41) is 11.1. The third kappa shape index (κ3) is 8.68. The lowest BCUT2D eigenvalue weighted by molar-refractivity contribution is -0.146. The molecule has 33 heavy (non-hydrogen) atoms. The predicted molar refractivity (Wildman–Crippen MR) is 130 cm³/mol. The molecule has 0 aliphatic rings. The summed E-state index contributed by atoms with van der Waals surface area (Å²) in [5.41, 5.74) is 6.98. The number of carbonyl (C=O) groups excluding carboxylic acids is 2. The third-order valence-electron chi connectivity index (χ3n) is 4.86. The predicted octanol–water partition coefficient (Wildman–Crippen LogP) is 3.79. The standard InChI is InChI=1S/C22H23Cl4N3O4/c23-16-3-1-14(18(25)9-16)5-7-28(20(30)11-27)12-21(31)29(13-22(32)33)8-6-15-2-4-17(24)10-19(15)26/h1-4,9-10H,5-8,11-13,27H2,(H,32,33). The van der Waals surface area contributed by atoms with E-state index in [0.29, 0.717) is 32.9 Å². The topological polar surface area (TPSA) is 104 Å². The van der Waals surface area contributed by atoms with E-state index in [2.05, 4.69) is 0 Å². The number of carbonyl (C=O) groups is 3. The van der Waals surface area contributed by atoms with Gasteiger partial charge in [-0.05, 0) is 48.2 Å². The Bertz CT molecular complexity index is 1020. The molecule has 0 unspecified atom stereocenters. The summed E-state index contributed by atoms with van der Waals surface area (Å²) >= 11 is 24.2. The molecule has 0 fully saturated rings. The summed E-state index contributed by atoms with van der Waals surface area (Å²) in [6, 6.07) is 9.97. The van der Waals surface area contributed by atoms with Gasteiger partial charge >= 0.3 is 5.97 Å². The van der Waals surface area contributed by atoms with Gasteiger partial charge in [-0.3, -0.25) is 14.4 Å². The van der Waals surface area contributed by atoms with Crippen LogP contribution >= 0.6 is 46.4 Å². The van der Waals surface area contributed by atoms with Gasteiger partial charge in [-0.25, -0.2) is 0 Å². The molecular weight excluding hydrogens is 512 g/mol. The van der Waals surface area contributed by atoms with Crippen molar-refractivity contribution in [3.63, 3.8) is 0 Å². The van der Waals surface area contributed by atoms with Gasteiger partial charge in [-0.15, -0.1) is 0 Å². The van der Waals surface area contributed by atoms with Gasteiger partial charge in [0, 0.05) is 33.2 Å². The summed E-state index contributed by atoms with van der Waals surface area (Å²) in [7, 11) is 0. The quantitative estimate of drug-likeness (QED) is 0.456. The molecule has 178 valence electrons. The number of amides is 2. The fraction of sp³-hybridized carbons (Fsp3) is 0.318. The minimum absolute atomic E-state index is 0.0974. The molecule has 0 spiro atoms. The van der Waals surface area contributed by atoms with Crippen LogP contribution < -0.4 is 5.73 Å². The van der Waals surface area contributed by atoms with Gasteiger partial charge in [0.05, 0.1) is 13.1 Å². The lowest BCUT2D eigenvalue weighted by Crippen LogP contribution is -2.47. The zero-order chi connectivity index (χ0) is 24.5. The van der Waals surface area contributed by atoms with Crippen molar-refractivity contribution in [3.05, 3.63) is 67.6 Å². The molecule has 0 aliphatic heterocycles. The van der Waals surface area contributed by atoms with E-state index in [1.54, 1.807) is 36.4 Å². The van der Waals surface area contributed by atoms with E-state index in [0.717, 1.165) is 11.1 Å². The summed E-state index contributed by atoms with van der Waals surface area (Å²) in [6.45, 7) is -0.852. The molecule has 0 saturated heterocycles. The Labute approximate surface area is 211 Å². The summed E-state index contributed by atoms with van der Waals surface area (Å²) < 4.78 is 0. The molecule has 0 bridgehead atoms. The highest BCUT2D eigenvalue weighted by Crippen LogP contribution is 2.22. The Hall–Kier alpha value is -2.03. The normalized spacial score (nSPS) is 10.7. The van der Waals surface area contributed by atoms with E-state index in [9.17, 15) is 19.5 Å². The molecule has 11 heteroatoms. The molecular formula is C22H23Cl4N3O4. The first-order chi connectivity index (χ1) is 15.6. The zero-order valence-electron chi connectivity index (χ0n) is 17.6. The molecule has 3 N–H and O–H groups in total. The highest BCUT2D eigenvalue weighted by Gasteiger charge is 2.22. The molecule has 0 aliphatic carbocycles. The SMILES string of the molecule is NCC(=O)N(CCc1ccc(Cl)cc1Cl)CC(=O)N(CCc1ccc(Cl)cc1Cl)CC(=O)O. The van der Waals surface area contributed by atoms with Gasteiger partial charge in [0.25, 0.3) is 0 Å². The van der Waals surface area contributed by atoms with Gasteiger partial charge in [0.2, 0.25) is 11.8 Å². The average Bonchev–Trinajstić information content (AvgIpc) is 2.75. The Morgan fingerprint density at radius 3 is 1.61 bits per heavy atom. The van der Waals surface area contributed by atoms with Crippen molar-refractivity contribution < 1.29 is 19.5 Å². The van der Waals surface area contributed by atoms with Crippen LogP contribution in [0.4, 0.5) is 0 Å². The number of benzene rings is 2. The Morgan fingerprint density at radius 2 is 1.21 bits per heavy atom. The number of halogens is 4. The van der Waals surface area contributed by atoms with Crippen molar-refractivity contribution in [1.82, 2.24) is 9.80 Å². The second-order valence-electron chi connectivity index (χ2n) is 7.20. The summed E-state index contributed by atoms with van der Waals surface area (Å²) in [6.07, 6.45) is 0.689. The van der Waals surface area contributed by atoms with E-state index >= 15 is 0 Å². The van der Waals surface area contributed by atoms with Gasteiger partial charge in [0.15, 0.2) is 0 Å². The number of carboxylic acid groups (broad SMARTS) is 1. The Morgan fingerprint density at radius 1 is 0.758 bits per heavy atom. The summed E-state index contributed by atoms with van der Waals surface area (Å²) in [4.78, 5) is 39.0. The van der Waals surface area contributed by atoms with Gasteiger partial charge in [-0.1, -0.05) is 58.5 Å². The Balaban J connectivity index is 2.09. The largest absolute Gasteiger partial charge is 0.480 e. The van der Waals surface area contributed by atoms with E-state index in [-0.39, 0.29) is 26.2 Å². The van der Waals surface area contributed by atoms with Crippen molar-refractivity contribution in [2.75, 3.05) is 32.7 Å². The van der Waals surface area contributed by atoms with Crippen molar-refractivity contribution in [3.8, 4) is 0 Å². The summed E-state index contributed by atoms with van der Waals surface area (Å²) in [5.74, 6) is -2.13. The molecule has 0 heterocycles. The highest BCUT2D eigenvalue weighted by molar-refractivity contribution is 6.35. The van der Waals surface area contributed by atoms with Crippen LogP contribution in [0.15, 0.2) is 36.4 Å². The van der Waals surface area contributed by atoms with Crippen molar-refractivity contribution in [1.29, 1.82) is 0 Å². The first-order valence-corrected chi connectivity index (χ1v) is 11.5. The number of nitrogens with zero attached hydrogens (tertiary/aromatic N) is 2. The van der Waals surface area contributed by atoms with E-state index in [4.69, 9.17) is 52.1 Å². The molecule has 7 nitrogen and oxygen atoms in total. The zero-order valence-corrected chi connectivity index (χ0v) is 20.6. The van der Waals surface area contributed by atoms with Crippen molar-refractivity contribution in [2.45, 2.75) is 12.8 Å². The van der Waals surface area contributed by atoms with E-state index < -0.39 is 24.3 Å². The Kier molecular flexibility index (Phi) is 10.7. The van der Waals surface area contributed by atoms with Gasteiger partial charge in [0.1, 0.15) is 6.54 Å². The molecule has 2 amide bonds. The van der Waals surface area contributed by atoms with Crippen LogP contribution in [-0.2, 0) is 27.2 Å². The average molecular weight is 535 g/mol. The smallest absolute Gasteiger partial charge is 0.323 e. The van der Waals surface area contributed by atoms with Crippen LogP contribution in [0.2, 0.25) is 20.1 Å². The van der Waals surface area contributed by atoms with Crippen molar-refractivity contribution >= 4 is 64.2 Å². The molecule has 0 saturated carbocycles. The monoisotopic (exact) mass is 533 g/mol. The first-order valence-electron chi connectivity index (χ1n) is 9.96. The number of hydrogen-bond donors (Lipinski definition) is 2. The van der Waals surface area contributed by atoms with Crippen LogP contribution in [0.25, 0.3) is 0 Å². The molecule has 2 rings (SSSR count). The third-order valence-corrected chi connectivity index (χ3v) is 6.04. The molecule has 0 aromatic heterocycles. The number of rotatable bonds is 11. The second kappa shape index (κ2) is 13.0. The fourth-order valence-corrected chi connectivity index (χ4v) is 4.11. The lowest BCUT2D eigenvalue weighted by atomic mass is 10.1. The maximum Gasteiger partial charge on any atom is 0.323 e. The lowest BCUT2D eigenvalue weighted by Gasteiger charge is -2.27. The maximum atomic E-state index is 12.9. The van der Waals surface area contributed by atoms with Crippen LogP contribution in [0.5, 0.6) is 0 Å². The number of nitrogens with two attached hydrogens (primary N) is 1. The number of carboxylic acids is 1. The van der Waals surface area contributed by atoms with Gasteiger partial charge < -0.3 is 20.6 Å². The fourth-order valence-electron chi connectivity index (χ4n) is 3.10. The molecule has 0 atom stereocenters. The first kappa shape index (κ1) is 27.2. The van der Waals surface area contributed by atoms with Crippen LogP contribution in [0, 0.1) is 0 Å². The van der Waals surface area contributed by atoms with E-state index in [1.165, 1.54) is 9.80 Å². The minimum Gasteiger partial charge on any atom is -0.480 e. The molecule has 2 aromatic rings. The number of aliphatic carboxylic acids is 1. The van der Waals surface area contributed by atoms with Crippen LogP contribution in [0.1, 0.15) is 11.1 Å². The van der Waals surface area contributed by atoms with Crippen molar-refractivity contribution in [2.24, 2.45) is 5.73 Å². The number of hydrogen-bond acceptors (Lipinski definition) is 4. The van der Waals surface area contributed by atoms with Crippen LogP contribution in [-0.4, -0.2) is 65.4 Å².